The van der Waals surface area contributed by atoms with Gasteiger partial charge in [0.1, 0.15) is 0 Å². The van der Waals surface area contributed by atoms with Gasteiger partial charge in [0.25, 0.3) is 5.91 Å². The van der Waals surface area contributed by atoms with Gasteiger partial charge in [-0.2, -0.15) is 8.78 Å². The van der Waals surface area contributed by atoms with Crippen LogP contribution < -0.4 is 5.32 Å². The van der Waals surface area contributed by atoms with Crippen LogP contribution in [0.5, 0.6) is 0 Å². The van der Waals surface area contributed by atoms with E-state index in [4.69, 9.17) is 11.6 Å². The summed E-state index contributed by atoms with van der Waals surface area (Å²) in [5.74, 6) is -2.20. The standard InChI is InChI=1S/C9H14ClF2NO2/c1-2-3-6(7(14)4-10)5-13-9(15)8(11)12/h6,8H,2-5H2,1H3,(H,13,15). The number of rotatable bonds is 7. The minimum atomic E-state index is -3.04. The zero-order valence-electron chi connectivity index (χ0n) is 8.43. The molecule has 0 heterocycles. The van der Waals surface area contributed by atoms with Gasteiger partial charge in [0.2, 0.25) is 0 Å². The molecule has 0 fully saturated rings. The van der Waals surface area contributed by atoms with Crippen LogP contribution in [0.3, 0.4) is 0 Å². The Morgan fingerprint density at radius 2 is 2.00 bits per heavy atom. The fourth-order valence-corrected chi connectivity index (χ4v) is 1.35. The first-order valence-corrected chi connectivity index (χ1v) is 5.20. The van der Waals surface area contributed by atoms with E-state index in [1.807, 2.05) is 12.2 Å². The normalized spacial score (nSPS) is 12.6. The Balaban J connectivity index is 4.06. The van der Waals surface area contributed by atoms with Gasteiger partial charge < -0.3 is 5.32 Å². The van der Waals surface area contributed by atoms with Crippen LogP contribution in [0.25, 0.3) is 0 Å². The molecule has 0 rings (SSSR count). The van der Waals surface area contributed by atoms with Gasteiger partial charge in [0.15, 0.2) is 5.78 Å². The smallest absolute Gasteiger partial charge is 0.315 e. The van der Waals surface area contributed by atoms with Crippen molar-refractivity contribution in [2.75, 3.05) is 12.4 Å². The molecule has 0 aliphatic heterocycles. The van der Waals surface area contributed by atoms with Crippen molar-refractivity contribution < 1.29 is 18.4 Å². The minimum absolute atomic E-state index is 0.0669. The van der Waals surface area contributed by atoms with Crippen LogP contribution in [0.4, 0.5) is 8.78 Å². The third-order valence-corrected chi connectivity index (χ3v) is 2.21. The lowest BCUT2D eigenvalue weighted by molar-refractivity contribution is -0.132. The van der Waals surface area contributed by atoms with Crippen LogP contribution in [-0.4, -0.2) is 30.5 Å². The first-order chi connectivity index (χ1) is 7.02. The van der Waals surface area contributed by atoms with E-state index in [0.29, 0.717) is 6.42 Å². The van der Waals surface area contributed by atoms with Crippen molar-refractivity contribution in [3.8, 4) is 0 Å². The molecule has 0 radical (unpaired) electrons. The van der Waals surface area contributed by atoms with E-state index < -0.39 is 18.3 Å². The van der Waals surface area contributed by atoms with Crippen molar-refractivity contribution in [3.05, 3.63) is 0 Å². The van der Waals surface area contributed by atoms with Crippen molar-refractivity contribution in [1.29, 1.82) is 0 Å². The largest absolute Gasteiger partial charge is 0.350 e. The quantitative estimate of drug-likeness (QED) is 0.688. The molecule has 1 N–H and O–H groups in total. The molecular formula is C9H14ClF2NO2. The SMILES string of the molecule is CCCC(CNC(=O)C(F)F)C(=O)CCl. The van der Waals surface area contributed by atoms with Crippen LogP contribution >= 0.6 is 11.6 Å². The molecule has 1 amide bonds. The molecule has 1 atom stereocenters. The number of alkyl halides is 3. The van der Waals surface area contributed by atoms with E-state index in [1.54, 1.807) is 0 Å². The second-order valence-corrected chi connectivity index (χ2v) is 3.40. The molecular weight excluding hydrogens is 228 g/mol. The number of amides is 1. The summed E-state index contributed by atoms with van der Waals surface area (Å²) >= 11 is 5.35. The van der Waals surface area contributed by atoms with Crippen LogP contribution in [0.2, 0.25) is 0 Å². The monoisotopic (exact) mass is 241 g/mol. The highest BCUT2D eigenvalue weighted by Gasteiger charge is 2.20. The third-order valence-electron chi connectivity index (χ3n) is 1.95. The fraction of sp³-hybridized carbons (Fsp3) is 0.778. The van der Waals surface area contributed by atoms with Gasteiger partial charge in [-0.15, -0.1) is 11.6 Å². The Morgan fingerprint density at radius 3 is 2.40 bits per heavy atom. The summed E-state index contributed by atoms with van der Waals surface area (Å²) in [4.78, 5) is 21.8. The predicted octanol–water partition coefficient (Wildman–Crippen LogP) is 1.59. The summed E-state index contributed by atoms with van der Waals surface area (Å²) in [6.07, 6.45) is -1.77. The zero-order valence-corrected chi connectivity index (χ0v) is 9.19. The lowest BCUT2D eigenvalue weighted by Gasteiger charge is -2.14. The molecule has 1 unspecified atom stereocenters. The first kappa shape index (κ1) is 14.3. The average molecular weight is 242 g/mol. The van der Waals surface area contributed by atoms with Crippen LogP contribution in [-0.2, 0) is 9.59 Å². The maximum Gasteiger partial charge on any atom is 0.315 e. The summed E-state index contributed by atoms with van der Waals surface area (Å²) in [6.45, 7) is 1.80. The Kier molecular flexibility index (Phi) is 7.21. The lowest BCUT2D eigenvalue weighted by atomic mass is 9.99. The molecule has 88 valence electrons. The molecule has 3 nitrogen and oxygen atoms in total. The molecule has 6 heteroatoms. The van der Waals surface area contributed by atoms with Gasteiger partial charge >= 0.3 is 6.43 Å². The maximum atomic E-state index is 11.8. The molecule has 0 aromatic rings. The topological polar surface area (TPSA) is 46.2 Å². The Hall–Kier alpha value is -0.710. The summed E-state index contributed by atoms with van der Waals surface area (Å²) in [7, 11) is 0. The number of hydrogen-bond donors (Lipinski definition) is 1. The Morgan fingerprint density at radius 1 is 1.40 bits per heavy atom. The Bertz CT molecular complexity index is 224. The number of ketones is 1. The zero-order chi connectivity index (χ0) is 11.8. The van der Waals surface area contributed by atoms with Crippen molar-refractivity contribution in [1.82, 2.24) is 5.32 Å². The van der Waals surface area contributed by atoms with Crippen LogP contribution in [0.1, 0.15) is 19.8 Å². The van der Waals surface area contributed by atoms with Gasteiger partial charge in [-0.1, -0.05) is 13.3 Å². The fourth-order valence-electron chi connectivity index (χ4n) is 1.14. The number of Topliss-reactive ketones (excluding diaryl/α,β-unsaturated/α-hetero) is 1. The van der Waals surface area contributed by atoms with E-state index in [-0.39, 0.29) is 18.2 Å². The summed E-state index contributed by atoms with van der Waals surface area (Å²) in [6, 6.07) is 0. The summed E-state index contributed by atoms with van der Waals surface area (Å²) in [5.41, 5.74) is 0. The second kappa shape index (κ2) is 7.56. The van der Waals surface area contributed by atoms with Crippen molar-refractivity contribution in [2.45, 2.75) is 26.2 Å². The van der Waals surface area contributed by atoms with E-state index in [9.17, 15) is 18.4 Å². The first-order valence-electron chi connectivity index (χ1n) is 4.67. The average Bonchev–Trinajstić information content (AvgIpc) is 2.22. The molecule has 0 aliphatic carbocycles. The van der Waals surface area contributed by atoms with Gasteiger partial charge in [0.05, 0.1) is 5.88 Å². The third kappa shape index (κ3) is 5.67. The number of carbonyl (C=O) groups excluding carboxylic acids is 2. The number of carbonyl (C=O) groups is 2. The van der Waals surface area contributed by atoms with Crippen LogP contribution in [0, 0.1) is 5.92 Å². The molecule has 15 heavy (non-hydrogen) atoms. The summed E-state index contributed by atoms with van der Waals surface area (Å²) in [5, 5.41) is 2.01. The van der Waals surface area contributed by atoms with Crippen molar-refractivity contribution in [3.63, 3.8) is 0 Å². The van der Waals surface area contributed by atoms with E-state index >= 15 is 0 Å². The van der Waals surface area contributed by atoms with Gasteiger partial charge in [-0.25, -0.2) is 0 Å². The Labute approximate surface area is 92.2 Å². The minimum Gasteiger partial charge on any atom is -0.350 e. The molecule has 0 saturated heterocycles. The molecule has 0 aromatic carbocycles. The van der Waals surface area contributed by atoms with Gasteiger partial charge in [-0.3, -0.25) is 9.59 Å². The highest BCUT2D eigenvalue weighted by atomic mass is 35.5. The molecule has 0 saturated carbocycles. The van der Waals surface area contributed by atoms with E-state index in [0.717, 1.165) is 6.42 Å². The molecule has 0 aromatic heterocycles. The second-order valence-electron chi connectivity index (χ2n) is 3.13. The highest BCUT2D eigenvalue weighted by molar-refractivity contribution is 6.27. The predicted molar refractivity (Wildman–Crippen MR) is 53.1 cm³/mol. The maximum absolute atomic E-state index is 11.8. The van der Waals surface area contributed by atoms with Crippen LogP contribution in [0.15, 0.2) is 0 Å². The molecule has 0 spiro atoms. The van der Waals surface area contributed by atoms with E-state index in [1.165, 1.54) is 0 Å². The molecule has 0 bridgehead atoms. The highest BCUT2D eigenvalue weighted by Crippen LogP contribution is 2.08. The summed E-state index contributed by atoms with van der Waals surface area (Å²) < 4.78 is 23.6. The number of nitrogens with one attached hydrogen (secondary N) is 1. The van der Waals surface area contributed by atoms with E-state index in [2.05, 4.69) is 0 Å². The number of halogens is 3. The van der Waals surface area contributed by atoms with Gasteiger partial charge in [-0.05, 0) is 6.42 Å². The van der Waals surface area contributed by atoms with Crippen molar-refractivity contribution in [2.24, 2.45) is 5.92 Å². The van der Waals surface area contributed by atoms with Crippen molar-refractivity contribution >= 4 is 23.3 Å². The molecule has 0 aliphatic rings. The number of hydrogen-bond acceptors (Lipinski definition) is 2. The lowest BCUT2D eigenvalue weighted by Crippen LogP contribution is -2.36. The van der Waals surface area contributed by atoms with Gasteiger partial charge in [0, 0.05) is 12.5 Å².